The first-order valence-corrected chi connectivity index (χ1v) is 12.4. The summed E-state index contributed by atoms with van der Waals surface area (Å²) in [6, 6.07) is 26.4. The number of phenols is 1. The quantitative estimate of drug-likeness (QED) is 0.231. The van der Waals surface area contributed by atoms with Gasteiger partial charge in [-0.05, 0) is 36.2 Å². The molecule has 198 valence electrons. The Morgan fingerprint density at radius 2 is 1.36 bits per heavy atom. The molecule has 39 heavy (non-hydrogen) atoms. The van der Waals surface area contributed by atoms with Gasteiger partial charge >= 0.3 is 0 Å². The van der Waals surface area contributed by atoms with Crippen molar-refractivity contribution in [1.82, 2.24) is 0 Å². The maximum Gasteiger partial charge on any atom is 0.205 e. The largest absolute Gasteiger partial charge is 0.507 e. The zero-order valence-corrected chi connectivity index (χ0v) is 21.9. The smallest absolute Gasteiger partial charge is 0.205 e. The van der Waals surface area contributed by atoms with Gasteiger partial charge in [0.1, 0.15) is 30.1 Å². The van der Waals surface area contributed by atoms with Crippen LogP contribution < -0.4 is 24.4 Å². The van der Waals surface area contributed by atoms with E-state index in [-0.39, 0.29) is 33.6 Å². The van der Waals surface area contributed by atoms with Gasteiger partial charge in [0, 0.05) is 17.2 Å². The summed E-state index contributed by atoms with van der Waals surface area (Å²) in [6.07, 6.45) is 0. The third-order valence-corrected chi connectivity index (χ3v) is 6.40. The standard InChI is InChI=1S/C32H28O7/c1-20-29(34)28-24(33)17-27(35-2)31(36-3)32(28)39-30(20)23-14-15-25(37-18-21-10-6-4-7-11-21)26(16-23)38-19-22-12-8-5-9-13-22/h4-17,33H,18-19H2,1-3H3. The lowest BCUT2D eigenvalue weighted by molar-refractivity contribution is 0.256. The zero-order chi connectivity index (χ0) is 27.4. The second-order valence-electron chi connectivity index (χ2n) is 8.93. The van der Waals surface area contributed by atoms with Crippen molar-refractivity contribution in [3.05, 3.63) is 112 Å². The average molecular weight is 525 g/mol. The molecular weight excluding hydrogens is 496 g/mol. The van der Waals surface area contributed by atoms with E-state index >= 15 is 0 Å². The summed E-state index contributed by atoms with van der Waals surface area (Å²) in [7, 11) is 2.89. The second-order valence-corrected chi connectivity index (χ2v) is 8.93. The molecule has 1 aromatic heterocycles. The first-order chi connectivity index (χ1) is 19.0. The highest BCUT2D eigenvalue weighted by atomic mass is 16.5. The van der Waals surface area contributed by atoms with Gasteiger partial charge in [0.15, 0.2) is 28.3 Å². The summed E-state index contributed by atoms with van der Waals surface area (Å²) in [6.45, 7) is 2.34. The number of hydrogen-bond donors (Lipinski definition) is 1. The molecular formula is C32H28O7. The molecule has 0 amide bonds. The molecule has 1 heterocycles. The minimum atomic E-state index is -0.374. The normalized spacial score (nSPS) is 10.8. The molecule has 5 rings (SSSR count). The van der Waals surface area contributed by atoms with Crippen LogP contribution in [0.5, 0.6) is 28.7 Å². The fourth-order valence-corrected chi connectivity index (χ4v) is 4.36. The number of aromatic hydroxyl groups is 1. The minimum Gasteiger partial charge on any atom is -0.507 e. The molecule has 0 saturated carbocycles. The molecule has 0 bridgehead atoms. The van der Waals surface area contributed by atoms with Crippen molar-refractivity contribution in [3.8, 4) is 40.1 Å². The topological polar surface area (TPSA) is 87.4 Å². The molecule has 7 heteroatoms. The first-order valence-electron chi connectivity index (χ1n) is 12.4. The number of ether oxygens (including phenoxy) is 4. The number of rotatable bonds is 9. The summed E-state index contributed by atoms with van der Waals surface area (Å²) < 4.78 is 29.4. The van der Waals surface area contributed by atoms with E-state index in [4.69, 9.17) is 23.4 Å². The van der Waals surface area contributed by atoms with Crippen molar-refractivity contribution in [2.24, 2.45) is 0 Å². The summed E-state index contributed by atoms with van der Waals surface area (Å²) in [5.74, 6) is 1.58. The van der Waals surface area contributed by atoms with E-state index in [1.165, 1.54) is 20.3 Å². The van der Waals surface area contributed by atoms with Crippen LogP contribution in [0.25, 0.3) is 22.3 Å². The third kappa shape index (κ3) is 5.25. The van der Waals surface area contributed by atoms with Gasteiger partial charge in [0.05, 0.1) is 14.2 Å². The van der Waals surface area contributed by atoms with E-state index in [1.807, 2.05) is 60.7 Å². The number of fused-ring (bicyclic) bond motifs is 1. The summed E-state index contributed by atoms with van der Waals surface area (Å²) in [5, 5.41) is 10.6. The average Bonchev–Trinajstić information content (AvgIpc) is 2.97. The van der Waals surface area contributed by atoms with Gasteiger partial charge in [-0.15, -0.1) is 0 Å². The Morgan fingerprint density at radius 1 is 0.744 bits per heavy atom. The number of hydrogen-bond acceptors (Lipinski definition) is 7. The Kier molecular flexibility index (Phi) is 7.41. The van der Waals surface area contributed by atoms with Crippen LogP contribution in [0.1, 0.15) is 16.7 Å². The van der Waals surface area contributed by atoms with E-state index in [1.54, 1.807) is 25.1 Å². The highest BCUT2D eigenvalue weighted by Gasteiger charge is 2.23. The van der Waals surface area contributed by atoms with Crippen molar-refractivity contribution in [2.75, 3.05) is 14.2 Å². The molecule has 0 atom stereocenters. The van der Waals surface area contributed by atoms with Crippen molar-refractivity contribution in [2.45, 2.75) is 20.1 Å². The van der Waals surface area contributed by atoms with Crippen LogP contribution in [0.4, 0.5) is 0 Å². The highest BCUT2D eigenvalue weighted by molar-refractivity contribution is 5.92. The maximum atomic E-state index is 13.4. The minimum absolute atomic E-state index is 0.0252. The molecule has 5 aromatic rings. The van der Waals surface area contributed by atoms with Gasteiger partial charge in [-0.1, -0.05) is 60.7 Å². The number of phenolic OH excluding ortho intramolecular Hbond substituents is 1. The first kappa shape index (κ1) is 25.7. The van der Waals surface area contributed by atoms with Crippen LogP contribution in [0.15, 0.2) is 94.1 Å². The van der Waals surface area contributed by atoms with Crippen LogP contribution in [0, 0.1) is 6.92 Å². The molecule has 0 saturated heterocycles. The van der Waals surface area contributed by atoms with Gasteiger partial charge in [0.25, 0.3) is 0 Å². The van der Waals surface area contributed by atoms with Gasteiger partial charge in [-0.3, -0.25) is 4.79 Å². The van der Waals surface area contributed by atoms with Crippen molar-refractivity contribution in [3.63, 3.8) is 0 Å². The lowest BCUT2D eigenvalue weighted by Crippen LogP contribution is -2.09. The Hall–Kier alpha value is -4.91. The number of methoxy groups -OCH3 is 2. The van der Waals surface area contributed by atoms with E-state index in [2.05, 4.69) is 0 Å². The lowest BCUT2D eigenvalue weighted by Gasteiger charge is -2.16. The fourth-order valence-electron chi connectivity index (χ4n) is 4.36. The van der Waals surface area contributed by atoms with Crippen LogP contribution in [-0.4, -0.2) is 19.3 Å². The van der Waals surface area contributed by atoms with E-state index in [0.29, 0.717) is 41.6 Å². The van der Waals surface area contributed by atoms with Gasteiger partial charge in [-0.2, -0.15) is 0 Å². The van der Waals surface area contributed by atoms with Crippen LogP contribution in [0.2, 0.25) is 0 Å². The Balaban J connectivity index is 1.59. The Bertz CT molecular complexity index is 1660. The van der Waals surface area contributed by atoms with Crippen LogP contribution in [0.3, 0.4) is 0 Å². The fraction of sp³-hybridized carbons (Fsp3) is 0.156. The highest BCUT2D eigenvalue weighted by Crippen LogP contribution is 2.42. The van der Waals surface area contributed by atoms with Crippen molar-refractivity contribution in [1.29, 1.82) is 0 Å². The molecule has 0 aliphatic heterocycles. The monoisotopic (exact) mass is 524 g/mol. The molecule has 0 fully saturated rings. The molecule has 4 aromatic carbocycles. The predicted octanol–water partition coefficient (Wildman–Crippen LogP) is 6.65. The maximum absolute atomic E-state index is 13.4. The van der Waals surface area contributed by atoms with Gasteiger partial charge in [0.2, 0.25) is 5.75 Å². The zero-order valence-electron chi connectivity index (χ0n) is 21.9. The Labute approximate surface area is 225 Å². The summed E-state index contributed by atoms with van der Waals surface area (Å²) in [5.41, 5.74) is 2.67. The molecule has 1 N–H and O–H groups in total. The van der Waals surface area contributed by atoms with E-state index in [0.717, 1.165) is 11.1 Å². The molecule has 0 aliphatic carbocycles. The van der Waals surface area contributed by atoms with Gasteiger partial charge in [-0.25, -0.2) is 0 Å². The van der Waals surface area contributed by atoms with E-state index in [9.17, 15) is 9.90 Å². The molecule has 7 nitrogen and oxygen atoms in total. The van der Waals surface area contributed by atoms with Gasteiger partial charge < -0.3 is 28.5 Å². The third-order valence-electron chi connectivity index (χ3n) is 6.40. The molecule has 0 spiro atoms. The predicted molar refractivity (Wildman–Crippen MR) is 149 cm³/mol. The summed E-state index contributed by atoms with van der Waals surface area (Å²) in [4.78, 5) is 13.4. The van der Waals surface area contributed by atoms with Crippen molar-refractivity contribution < 1.29 is 28.5 Å². The second kappa shape index (κ2) is 11.2. The molecule has 0 radical (unpaired) electrons. The van der Waals surface area contributed by atoms with E-state index < -0.39 is 0 Å². The van der Waals surface area contributed by atoms with Crippen LogP contribution in [-0.2, 0) is 13.2 Å². The molecule has 0 unspecified atom stereocenters. The number of benzene rings is 4. The Morgan fingerprint density at radius 3 is 1.95 bits per heavy atom. The SMILES string of the molecule is COc1cc(O)c2c(=O)c(C)c(-c3ccc(OCc4ccccc4)c(OCc4ccccc4)c3)oc2c1OC. The summed E-state index contributed by atoms with van der Waals surface area (Å²) >= 11 is 0. The van der Waals surface area contributed by atoms with Crippen molar-refractivity contribution >= 4 is 11.0 Å². The lowest BCUT2D eigenvalue weighted by atomic mass is 10.0. The van der Waals surface area contributed by atoms with Crippen LogP contribution >= 0.6 is 0 Å². The molecule has 0 aliphatic rings.